The van der Waals surface area contributed by atoms with Gasteiger partial charge >= 0.3 is 0 Å². The largest absolute Gasteiger partial charge is 0.394 e. The summed E-state index contributed by atoms with van der Waals surface area (Å²) in [5.74, 6) is 0.884. The molecule has 0 aliphatic carbocycles. The Balaban J connectivity index is 0. The van der Waals surface area contributed by atoms with Gasteiger partial charge in [0.25, 0.3) is 0 Å². The van der Waals surface area contributed by atoms with Crippen LogP contribution in [0, 0.1) is 0 Å². The lowest BCUT2D eigenvalue weighted by Gasteiger charge is -2.20. The Hall–Kier alpha value is -0.0951. The lowest BCUT2D eigenvalue weighted by atomic mass is 9.88. The minimum absolute atomic E-state index is 0.403. The molecule has 4 nitrogen and oxygen atoms in total. The van der Waals surface area contributed by atoms with E-state index < -0.39 is 25.4 Å². The van der Waals surface area contributed by atoms with Gasteiger partial charge in [0.05, 0.1) is 25.4 Å². The first kappa shape index (κ1) is 15.4. The van der Waals surface area contributed by atoms with Gasteiger partial charge in [0.2, 0.25) is 0 Å². The van der Waals surface area contributed by atoms with E-state index in [0.29, 0.717) is 0 Å². The normalized spacial score (nSPS) is 13.1. The van der Waals surface area contributed by atoms with Gasteiger partial charge in [0.1, 0.15) is 7.85 Å². The molecule has 0 rings (SSSR count). The van der Waals surface area contributed by atoms with Crippen molar-refractivity contribution in [1.29, 1.82) is 0 Å². The summed E-state index contributed by atoms with van der Waals surface area (Å²) < 4.78 is 0. The highest BCUT2D eigenvalue weighted by Gasteiger charge is 2.20. The lowest BCUT2D eigenvalue weighted by Crippen LogP contribution is -2.50. The van der Waals surface area contributed by atoms with Crippen LogP contribution in [-0.2, 0) is 0 Å². The molecular formula is C8H22BNO3. The summed E-state index contributed by atoms with van der Waals surface area (Å²) in [5.41, 5.74) is 3.94. The van der Waals surface area contributed by atoms with Crippen LogP contribution in [0.3, 0.4) is 0 Å². The van der Waals surface area contributed by atoms with Crippen LogP contribution in [0.15, 0.2) is 0 Å². The Kier molecular flexibility index (Phi) is 10.1. The third kappa shape index (κ3) is 9.82. The smallest absolute Gasteiger partial charge is 0.105 e. The van der Waals surface area contributed by atoms with Crippen LogP contribution < -0.4 is 5.73 Å². The summed E-state index contributed by atoms with van der Waals surface area (Å²) in [6.07, 6.45) is 1.31. The molecule has 0 heterocycles. The summed E-state index contributed by atoms with van der Waals surface area (Å²) >= 11 is 0. The maximum atomic E-state index is 8.34. The van der Waals surface area contributed by atoms with E-state index in [0.717, 1.165) is 5.82 Å². The van der Waals surface area contributed by atoms with E-state index in [2.05, 4.69) is 21.7 Å². The van der Waals surface area contributed by atoms with Crippen molar-refractivity contribution < 1.29 is 15.3 Å². The van der Waals surface area contributed by atoms with Crippen LogP contribution in [0.25, 0.3) is 0 Å². The molecule has 0 aliphatic heterocycles. The zero-order valence-electron chi connectivity index (χ0n) is 8.82. The SMILES string of the molecule is BC(C)CC.NC(CO)(CO)CO. The van der Waals surface area contributed by atoms with Gasteiger partial charge in [-0.2, -0.15) is 0 Å². The van der Waals surface area contributed by atoms with Gasteiger partial charge in [-0.15, -0.1) is 0 Å². The average molecular weight is 191 g/mol. The molecule has 1 unspecified atom stereocenters. The highest BCUT2D eigenvalue weighted by atomic mass is 16.3. The molecule has 1 atom stereocenters. The Bertz CT molecular complexity index is 99.3. The van der Waals surface area contributed by atoms with E-state index in [1.807, 2.05) is 0 Å². The van der Waals surface area contributed by atoms with Crippen molar-refractivity contribution in [3.8, 4) is 0 Å². The van der Waals surface area contributed by atoms with Crippen LogP contribution in [0.2, 0.25) is 5.82 Å². The summed E-state index contributed by atoms with van der Waals surface area (Å²) in [4.78, 5) is 0. The fourth-order valence-corrected chi connectivity index (χ4v) is 0.150. The molecule has 0 fully saturated rings. The third-order valence-electron chi connectivity index (χ3n) is 1.76. The van der Waals surface area contributed by atoms with Gasteiger partial charge in [-0.05, 0) is 0 Å². The molecule has 0 saturated heterocycles. The van der Waals surface area contributed by atoms with Gasteiger partial charge in [-0.1, -0.05) is 26.1 Å². The number of aliphatic hydroxyl groups excluding tert-OH is 3. The Morgan fingerprint density at radius 2 is 1.46 bits per heavy atom. The van der Waals surface area contributed by atoms with E-state index in [4.69, 9.17) is 21.1 Å². The predicted octanol–water partition coefficient (Wildman–Crippen LogP) is -1.50. The van der Waals surface area contributed by atoms with E-state index in [-0.39, 0.29) is 0 Å². The molecule has 0 aromatic heterocycles. The summed E-state index contributed by atoms with van der Waals surface area (Å²) in [6.45, 7) is 3.21. The Labute approximate surface area is 81.2 Å². The maximum Gasteiger partial charge on any atom is 0.105 e. The first-order chi connectivity index (χ1) is 5.95. The fourth-order valence-electron chi connectivity index (χ4n) is 0.150. The van der Waals surface area contributed by atoms with Crippen molar-refractivity contribution in [1.82, 2.24) is 0 Å². The van der Waals surface area contributed by atoms with Crippen molar-refractivity contribution in [3.63, 3.8) is 0 Å². The molecule has 0 aromatic rings. The monoisotopic (exact) mass is 191 g/mol. The highest BCUT2D eigenvalue weighted by Crippen LogP contribution is 1.97. The minimum atomic E-state index is -1.21. The topological polar surface area (TPSA) is 86.7 Å². The number of hydrogen-bond donors (Lipinski definition) is 4. The zero-order valence-corrected chi connectivity index (χ0v) is 8.82. The van der Waals surface area contributed by atoms with Crippen molar-refractivity contribution in [2.45, 2.75) is 31.6 Å². The second kappa shape index (κ2) is 8.50. The maximum absolute atomic E-state index is 8.34. The second-order valence-electron chi connectivity index (χ2n) is 3.64. The Morgan fingerprint density at radius 1 is 1.23 bits per heavy atom. The zero-order chi connectivity index (χ0) is 10.9. The average Bonchev–Trinajstić information content (AvgIpc) is 2.17. The number of hydrogen-bond acceptors (Lipinski definition) is 4. The van der Waals surface area contributed by atoms with Crippen molar-refractivity contribution >= 4 is 7.85 Å². The molecule has 0 bridgehead atoms. The molecule has 0 aliphatic rings. The summed E-state index contributed by atoms with van der Waals surface area (Å²) in [6, 6.07) is 0. The molecule has 0 aromatic carbocycles. The quantitative estimate of drug-likeness (QED) is 0.407. The van der Waals surface area contributed by atoms with Gasteiger partial charge < -0.3 is 21.1 Å². The van der Waals surface area contributed by atoms with Gasteiger partial charge in [0, 0.05) is 0 Å². The lowest BCUT2D eigenvalue weighted by molar-refractivity contribution is 0.0698. The van der Waals surface area contributed by atoms with Crippen molar-refractivity contribution in [3.05, 3.63) is 0 Å². The molecule has 0 radical (unpaired) electrons. The van der Waals surface area contributed by atoms with Gasteiger partial charge in [-0.3, -0.25) is 0 Å². The van der Waals surface area contributed by atoms with Crippen LogP contribution in [-0.4, -0.2) is 48.5 Å². The first-order valence-corrected chi connectivity index (χ1v) is 4.57. The third-order valence-corrected chi connectivity index (χ3v) is 1.76. The molecule has 5 heteroatoms. The fraction of sp³-hybridized carbons (Fsp3) is 1.00. The first-order valence-electron chi connectivity index (χ1n) is 4.57. The van der Waals surface area contributed by atoms with Gasteiger partial charge in [-0.25, -0.2) is 0 Å². The van der Waals surface area contributed by atoms with Gasteiger partial charge in [0.15, 0.2) is 0 Å². The Morgan fingerprint density at radius 3 is 1.46 bits per heavy atom. The molecule has 80 valence electrons. The van der Waals surface area contributed by atoms with E-state index in [9.17, 15) is 0 Å². The van der Waals surface area contributed by atoms with Crippen molar-refractivity contribution in [2.75, 3.05) is 19.8 Å². The molecule has 0 spiro atoms. The number of nitrogens with two attached hydrogens (primary N) is 1. The summed E-state index contributed by atoms with van der Waals surface area (Å²) in [7, 11) is 2.22. The molecule has 0 amide bonds. The molecular weight excluding hydrogens is 169 g/mol. The molecule has 5 N–H and O–H groups in total. The predicted molar refractivity (Wildman–Crippen MR) is 56.4 cm³/mol. The molecule has 0 saturated carbocycles. The number of rotatable bonds is 4. The highest BCUT2D eigenvalue weighted by molar-refractivity contribution is 6.11. The van der Waals surface area contributed by atoms with E-state index in [1.165, 1.54) is 6.42 Å². The van der Waals surface area contributed by atoms with Crippen molar-refractivity contribution in [2.24, 2.45) is 5.73 Å². The van der Waals surface area contributed by atoms with Crippen LogP contribution in [0.4, 0.5) is 0 Å². The minimum Gasteiger partial charge on any atom is -0.394 e. The molecule has 13 heavy (non-hydrogen) atoms. The second-order valence-corrected chi connectivity index (χ2v) is 3.64. The standard InChI is InChI=1S/C4H11B.C4H11NO3/c1-3-4(2)5;5-4(1-6,2-7)3-8/h4H,3,5H2,1-2H3;6-8H,1-3,5H2. The van der Waals surface area contributed by atoms with E-state index in [1.54, 1.807) is 0 Å². The summed E-state index contributed by atoms with van der Waals surface area (Å²) in [5, 5.41) is 25.0. The van der Waals surface area contributed by atoms with Crippen LogP contribution in [0.1, 0.15) is 20.3 Å². The van der Waals surface area contributed by atoms with Crippen LogP contribution >= 0.6 is 0 Å². The van der Waals surface area contributed by atoms with E-state index >= 15 is 0 Å². The number of aliphatic hydroxyl groups is 3. The van der Waals surface area contributed by atoms with Crippen LogP contribution in [0.5, 0.6) is 0 Å².